The van der Waals surface area contributed by atoms with Gasteiger partial charge in [0.2, 0.25) is 0 Å². The van der Waals surface area contributed by atoms with Crippen molar-refractivity contribution >= 4 is 11.3 Å². The van der Waals surface area contributed by atoms with E-state index in [9.17, 15) is 0 Å². The summed E-state index contributed by atoms with van der Waals surface area (Å²) in [5.74, 6) is 0. The van der Waals surface area contributed by atoms with Crippen molar-refractivity contribution in [2.24, 2.45) is 0 Å². The summed E-state index contributed by atoms with van der Waals surface area (Å²) < 4.78 is 0. The summed E-state index contributed by atoms with van der Waals surface area (Å²) in [7, 11) is 0. The molecule has 2 rings (SSSR count). The van der Waals surface area contributed by atoms with E-state index in [4.69, 9.17) is 4.98 Å². The summed E-state index contributed by atoms with van der Waals surface area (Å²) in [6.07, 6.45) is 4.97. The second-order valence-corrected chi connectivity index (χ2v) is 6.28. The van der Waals surface area contributed by atoms with Crippen LogP contribution in [0.4, 0.5) is 0 Å². The van der Waals surface area contributed by atoms with E-state index in [1.165, 1.54) is 30.0 Å². The molecule has 0 aliphatic heterocycles. The summed E-state index contributed by atoms with van der Waals surface area (Å²) in [5.41, 5.74) is 1.73. The van der Waals surface area contributed by atoms with E-state index in [1.807, 2.05) is 11.3 Å². The molecule has 1 fully saturated rings. The Hall–Kier alpha value is -0.410. The molecule has 1 heterocycles. The Bertz CT molecular complexity index is 339. The van der Waals surface area contributed by atoms with Crippen molar-refractivity contribution in [3.8, 4) is 0 Å². The highest BCUT2D eigenvalue weighted by Gasteiger charge is 2.41. The molecule has 1 aliphatic carbocycles. The second kappa shape index (κ2) is 4.84. The molecule has 1 saturated carbocycles. The van der Waals surface area contributed by atoms with Crippen molar-refractivity contribution in [3.63, 3.8) is 0 Å². The van der Waals surface area contributed by atoms with Crippen molar-refractivity contribution in [2.75, 3.05) is 6.54 Å². The normalized spacial score (nSPS) is 18.0. The molecule has 2 nitrogen and oxygen atoms in total. The zero-order valence-electron chi connectivity index (χ0n) is 10.5. The first kappa shape index (κ1) is 12.1. The first-order valence-electron chi connectivity index (χ1n) is 6.28. The lowest BCUT2D eigenvalue weighted by atomic mass is 10.1. The molecule has 0 radical (unpaired) electrons. The maximum atomic E-state index is 4.75. The number of hydrogen-bond donors (Lipinski definition) is 1. The molecule has 1 N–H and O–H groups in total. The fraction of sp³-hybridized carbons (Fsp3) is 0.769. The first-order valence-corrected chi connectivity index (χ1v) is 7.16. The van der Waals surface area contributed by atoms with Crippen molar-refractivity contribution in [1.82, 2.24) is 10.3 Å². The third-order valence-electron chi connectivity index (χ3n) is 3.23. The highest BCUT2D eigenvalue weighted by Crippen LogP contribution is 2.48. The van der Waals surface area contributed by atoms with Gasteiger partial charge in [-0.3, -0.25) is 0 Å². The zero-order valence-corrected chi connectivity index (χ0v) is 11.4. The molecule has 16 heavy (non-hydrogen) atoms. The van der Waals surface area contributed by atoms with Gasteiger partial charge in [0.05, 0.1) is 10.7 Å². The number of rotatable bonds is 6. The zero-order chi connectivity index (χ0) is 11.6. The van der Waals surface area contributed by atoms with E-state index >= 15 is 0 Å². The molecule has 0 aromatic carbocycles. The first-order chi connectivity index (χ1) is 7.60. The third-order valence-corrected chi connectivity index (χ3v) is 4.43. The Labute approximate surface area is 102 Å². The minimum atomic E-state index is 0.444. The predicted octanol–water partition coefficient (Wildman–Crippen LogP) is 3.13. The molecule has 90 valence electrons. The monoisotopic (exact) mass is 238 g/mol. The van der Waals surface area contributed by atoms with E-state index in [0.717, 1.165) is 13.0 Å². The minimum absolute atomic E-state index is 0.444. The topological polar surface area (TPSA) is 24.9 Å². The molecule has 1 aromatic heterocycles. The largest absolute Gasteiger partial charge is 0.315 e. The number of hydrogen-bond acceptors (Lipinski definition) is 3. The van der Waals surface area contributed by atoms with Gasteiger partial charge in [-0.1, -0.05) is 20.8 Å². The molecule has 0 unspecified atom stereocenters. The number of aryl methyl sites for hydroxylation is 1. The summed E-state index contributed by atoms with van der Waals surface area (Å²) in [4.78, 5) is 4.75. The van der Waals surface area contributed by atoms with E-state index < -0.39 is 0 Å². The van der Waals surface area contributed by atoms with E-state index in [-0.39, 0.29) is 0 Å². The van der Waals surface area contributed by atoms with Crippen LogP contribution < -0.4 is 5.32 Å². The number of nitrogens with one attached hydrogen (secondary N) is 1. The predicted molar refractivity (Wildman–Crippen MR) is 70.2 cm³/mol. The minimum Gasteiger partial charge on any atom is -0.315 e. The molecule has 0 amide bonds. The van der Waals surface area contributed by atoms with Gasteiger partial charge in [-0.15, -0.1) is 11.3 Å². The molecule has 3 heteroatoms. The van der Waals surface area contributed by atoms with Gasteiger partial charge in [0.25, 0.3) is 0 Å². The van der Waals surface area contributed by atoms with Gasteiger partial charge in [0, 0.05) is 16.8 Å². The molecule has 1 aliphatic rings. The highest BCUT2D eigenvalue weighted by atomic mass is 32.1. The maximum Gasteiger partial charge on any atom is 0.0987 e. The van der Waals surface area contributed by atoms with Crippen LogP contribution in [0.1, 0.15) is 50.7 Å². The molecule has 0 spiro atoms. The van der Waals surface area contributed by atoms with E-state index in [0.29, 0.717) is 11.5 Å². The lowest BCUT2D eigenvalue weighted by molar-refractivity contribution is 0.568. The maximum absolute atomic E-state index is 4.75. The van der Waals surface area contributed by atoms with Gasteiger partial charge in [0.15, 0.2) is 0 Å². The van der Waals surface area contributed by atoms with E-state index in [2.05, 4.69) is 31.5 Å². The Morgan fingerprint density at radius 3 is 2.88 bits per heavy atom. The van der Waals surface area contributed by atoms with Gasteiger partial charge >= 0.3 is 0 Å². The van der Waals surface area contributed by atoms with Gasteiger partial charge in [0.1, 0.15) is 0 Å². The van der Waals surface area contributed by atoms with Crippen LogP contribution in [-0.2, 0) is 11.8 Å². The smallest absolute Gasteiger partial charge is 0.0987 e. The van der Waals surface area contributed by atoms with Crippen LogP contribution >= 0.6 is 11.3 Å². The van der Waals surface area contributed by atoms with Gasteiger partial charge in [-0.05, 0) is 32.2 Å². The standard InChI is InChI=1S/C13H22N2S/c1-10(2)14-8-4-5-11-9-16-12(15-11)13(3)6-7-13/h9-10,14H,4-8H2,1-3H3. The lowest BCUT2D eigenvalue weighted by Crippen LogP contribution is -2.23. The van der Waals surface area contributed by atoms with Crippen molar-refractivity contribution < 1.29 is 0 Å². The highest BCUT2D eigenvalue weighted by molar-refractivity contribution is 7.09. The van der Waals surface area contributed by atoms with Crippen LogP contribution in [-0.4, -0.2) is 17.6 Å². The molecular weight excluding hydrogens is 216 g/mol. The molecule has 0 saturated heterocycles. The molecule has 1 aromatic rings. The van der Waals surface area contributed by atoms with Crippen molar-refractivity contribution in [3.05, 3.63) is 16.1 Å². The van der Waals surface area contributed by atoms with Gasteiger partial charge in [-0.25, -0.2) is 4.98 Å². The van der Waals surface area contributed by atoms with Crippen LogP contribution in [0.5, 0.6) is 0 Å². The van der Waals surface area contributed by atoms with Crippen molar-refractivity contribution in [2.45, 2.75) is 57.9 Å². The lowest BCUT2D eigenvalue weighted by Gasteiger charge is -2.06. The van der Waals surface area contributed by atoms with Crippen LogP contribution in [0.2, 0.25) is 0 Å². The Morgan fingerprint density at radius 2 is 2.25 bits per heavy atom. The van der Waals surface area contributed by atoms with Crippen LogP contribution in [0.25, 0.3) is 0 Å². The number of aromatic nitrogens is 1. The quantitative estimate of drug-likeness (QED) is 0.770. The number of nitrogens with zero attached hydrogens (tertiary/aromatic N) is 1. The Balaban J connectivity index is 1.75. The summed E-state index contributed by atoms with van der Waals surface area (Å²) >= 11 is 1.85. The molecule has 0 atom stereocenters. The van der Waals surface area contributed by atoms with Crippen LogP contribution in [0.15, 0.2) is 5.38 Å². The Kier molecular flexibility index (Phi) is 3.65. The van der Waals surface area contributed by atoms with Crippen LogP contribution in [0, 0.1) is 0 Å². The second-order valence-electron chi connectivity index (χ2n) is 5.42. The van der Waals surface area contributed by atoms with E-state index in [1.54, 1.807) is 0 Å². The molecule has 0 bridgehead atoms. The summed E-state index contributed by atoms with van der Waals surface area (Å²) in [6.45, 7) is 7.81. The van der Waals surface area contributed by atoms with Gasteiger partial charge < -0.3 is 5.32 Å². The fourth-order valence-corrected chi connectivity index (χ4v) is 2.84. The average molecular weight is 238 g/mol. The van der Waals surface area contributed by atoms with Crippen LogP contribution in [0.3, 0.4) is 0 Å². The fourth-order valence-electron chi connectivity index (χ4n) is 1.76. The number of thiazole rings is 1. The Morgan fingerprint density at radius 1 is 1.50 bits per heavy atom. The molecular formula is C13H22N2S. The SMILES string of the molecule is CC(C)NCCCc1csc(C2(C)CC2)n1. The van der Waals surface area contributed by atoms with Crippen molar-refractivity contribution in [1.29, 1.82) is 0 Å². The average Bonchev–Trinajstić information content (AvgIpc) is 2.81. The third kappa shape index (κ3) is 3.05. The summed E-state index contributed by atoms with van der Waals surface area (Å²) in [6, 6.07) is 0.594. The summed E-state index contributed by atoms with van der Waals surface area (Å²) in [5, 5.41) is 7.05. The van der Waals surface area contributed by atoms with Gasteiger partial charge in [-0.2, -0.15) is 0 Å².